The van der Waals surface area contributed by atoms with Crippen molar-refractivity contribution in [3.63, 3.8) is 0 Å². The van der Waals surface area contributed by atoms with Crippen LogP contribution < -0.4 is 9.47 Å². The molecule has 0 heterocycles. The molecule has 3 aromatic rings. The second-order valence-electron chi connectivity index (χ2n) is 6.95. The van der Waals surface area contributed by atoms with Gasteiger partial charge in [0.2, 0.25) is 0 Å². The molecule has 0 aromatic heterocycles. The Labute approximate surface area is 176 Å². The minimum absolute atomic E-state index is 0.0536. The third-order valence-electron chi connectivity index (χ3n) is 4.91. The highest BCUT2D eigenvalue weighted by atomic mass is 16.5. The lowest BCUT2D eigenvalue weighted by Gasteiger charge is -2.14. The first-order chi connectivity index (χ1) is 14.4. The quantitative estimate of drug-likeness (QED) is 0.414. The van der Waals surface area contributed by atoms with Crippen LogP contribution in [0.1, 0.15) is 43.0 Å². The molecule has 0 N–H and O–H groups in total. The van der Waals surface area contributed by atoms with Crippen molar-refractivity contribution in [2.75, 3.05) is 14.2 Å². The van der Waals surface area contributed by atoms with Gasteiger partial charge in [0, 0.05) is 11.1 Å². The van der Waals surface area contributed by atoms with Crippen LogP contribution in [0.25, 0.3) is 0 Å². The number of esters is 1. The summed E-state index contributed by atoms with van der Waals surface area (Å²) in [4.78, 5) is 25.7. The van der Waals surface area contributed by atoms with Crippen LogP contribution in [0.5, 0.6) is 11.5 Å². The molecule has 154 valence electrons. The Balaban J connectivity index is 1.82. The van der Waals surface area contributed by atoms with Gasteiger partial charge in [-0.3, -0.25) is 4.79 Å². The number of ketones is 1. The predicted octanol–water partition coefficient (Wildman–Crippen LogP) is 4.91. The second-order valence-corrected chi connectivity index (χ2v) is 6.95. The zero-order valence-corrected chi connectivity index (χ0v) is 17.5. The summed E-state index contributed by atoms with van der Waals surface area (Å²) in [5.74, 6) is 0.397. The number of hydrogen-bond donors (Lipinski definition) is 0. The van der Waals surface area contributed by atoms with E-state index in [1.54, 1.807) is 56.7 Å². The zero-order chi connectivity index (χ0) is 21.7. The highest BCUT2D eigenvalue weighted by molar-refractivity contribution is 6.14. The van der Waals surface area contributed by atoms with Crippen molar-refractivity contribution in [1.29, 1.82) is 0 Å². The molecule has 0 aliphatic heterocycles. The summed E-state index contributed by atoms with van der Waals surface area (Å²) in [6, 6.07) is 17.6. The molecule has 0 aliphatic rings. The minimum atomic E-state index is -0.555. The first-order valence-corrected chi connectivity index (χ1v) is 9.53. The van der Waals surface area contributed by atoms with Gasteiger partial charge >= 0.3 is 5.97 Å². The molecule has 3 aromatic carbocycles. The van der Waals surface area contributed by atoms with Crippen molar-refractivity contribution in [2.24, 2.45) is 0 Å². The molecule has 0 saturated carbocycles. The summed E-state index contributed by atoms with van der Waals surface area (Å²) in [6.45, 7) is 3.91. The van der Waals surface area contributed by atoms with E-state index in [4.69, 9.17) is 14.2 Å². The largest absolute Gasteiger partial charge is 0.493 e. The fourth-order valence-electron chi connectivity index (χ4n) is 3.12. The van der Waals surface area contributed by atoms with Crippen molar-refractivity contribution in [3.8, 4) is 11.5 Å². The van der Waals surface area contributed by atoms with E-state index in [0.29, 0.717) is 22.6 Å². The maximum atomic E-state index is 12.9. The number of carbonyl (C=O) groups excluding carboxylic acids is 2. The molecular formula is C25H24O5. The number of methoxy groups -OCH3 is 2. The normalized spacial score (nSPS) is 10.4. The van der Waals surface area contributed by atoms with E-state index in [1.165, 1.54) is 0 Å². The molecule has 0 fully saturated rings. The van der Waals surface area contributed by atoms with Crippen LogP contribution in [0.15, 0.2) is 60.7 Å². The van der Waals surface area contributed by atoms with Gasteiger partial charge < -0.3 is 14.2 Å². The Bertz CT molecular complexity index is 1070. The highest BCUT2D eigenvalue weighted by Gasteiger charge is 2.19. The van der Waals surface area contributed by atoms with Gasteiger partial charge in [0.25, 0.3) is 0 Å². The van der Waals surface area contributed by atoms with E-state index < -0.39 is 5.97 Å². The maximum Gasteiger partial charge on any atom is 0.339 e. The van der Waals surface area contributed by atoms with E-state index in [9.17, 15) is 9.59 Å². The van der Waals surface area contributed by atoms with E-state index in [-0.39, 0.29) is 18.0 Å². The smallest absolute Gasteiger partial charge is 0.339 e. The lowest BCUT2D eigenvalue weighted by molar-refractivity contribution is 0.0469. The number of benzene rings is 3. The Hall–Kier alpha value is -3.60. The van der Waals surface area contributed by atoms with Crippen LogP contribution in [0, 0.1) is 13.8 Å². The van der Waals surface area contributed by atoms with Crippen molar-refractivity contribution in [3.05, 3.63) is 94.0 Å². The first-order valence-electron chi connectivity index (χ1n) is 9.53. The molecule has 0 bridgehead atoms. The van der Waals surface area contributed by atoms with E-state index >= 15 is 0 Å². The first kappa shape index (κ1) is 21.1. The van der Waals surface area contributed by atoms with Crippen molar-refractivity contribution >= 4 is 11.8 Å². The summed E-state index contributed by atoms with van der Waals surface area (Å²) in [7, 11) is 3.12. The third kappa shape index (κ3) is 4.51. The Morgan fingerprint density at radius 2 is 1.40 bits per heavy atom. The van der Waals surface area contributed by atoms with Crippen LogP contribution in [0.2, 0.25) is 0 Å². The molecule has 0 radical (unpaired) electrons. The van der Waals surface area contributed by atoms with E-state index in [1.807, 2.05) is 32.0 Å². The topological polar surface area (TPSA) is 61.8 Å². The van der Waals surface area contributed by atoms with Crippen LogP contribution in [-0.2, 0) is 11.3 Å². The molecule has 0 amide bonds. The van der Waals surface area contributed by atoms with Crippen molar-refractivity contribution < 1.29 is 23.8 Å². The van der Waals surface area contributed by atoms with Gasteiger partial charge in [-0.2, -0.15) is 0 Å². The molecule has 5 heteroatoms. The number of carbonyl (C=O) groups is 2. The summed E-state index contributed by atoms with van der Waals surface area (Å²) in [5.41, 5.74) is 3.84. The lowest BCUT2D eigenvalue weighted by Crippen LogP contribution is -2.13. The second kappa shape index (κ2) is 9.27. The lowest BCUT2D eigenvalue weighted by atomic mass is 9.98. The monoisotopic (exact) mass is 404 g/mol. The number of ether oxygens (including phenoxy) is 3. The summed E-state index contributed by atoms with van der Waals surface area (Å²) in [6.07, 6.45) is 0. The van der Waals surface area contributed by atoms with Crippen molar-refractivity contribution in [2.45, 2.75) is 20.5 Å². The van der Waals surface area contributed by atoms with Crippen molar-refractivity contribution in [1.82, 2.24) is 0 Å². The van der Waals surface area contributed by atoms with Gasteiger partial charge in [0.15, 0.2) is 17.3 Å². The number of rotatable bonds is 7. The average molecular weight is 404 g/mol. The van der Waals surface area contributed by atoms with Crippen LogP contribution in [-0.4, -0.2) is 26.0 Å². The highest BCUT2D eigenvalue weighted by Crippen LogP contribution is 2.30. The van der Waals surface area contributed by atoms with Gasteiger partial charge in [-0.25, -0.2) is 4.79 Å². The molecule has 0 saturated heterocycles. The Morgan fingerprint density at radius 3 is 2.03 bits per heavy atom. The van der Waals surface area contributed by atoms with Crippen LogP contribution in [0.3, 0.4) is 0 Å². The van der Waals surface area contributed by atoms with E-state index in [0.717, 1.165) is 16.7 Å². The van der Waals surface area contributed by atoms with Gasteiger partial charge in [0.05, 0.1) is 19.8 Å². The SMILES string of the molecule is COc1cc(C)c(COC(=O)c2ccccc2C(=O)c2ccc(C)cc2)cc1OC. The summed E-state index contributed by atoms with van der Waals surface area (Å²) >= 11 is 0. The summed E-state index contributed by atoms with van der Waals surface area (Å²) < 4.78 is 16.1. The number of hydrogen-bond acceptors (Lipinski definition) is 5. The van der Waals surface area contributed by atoms with Gasteiger partial charge in [0.1, 0.15) is 6.61 Å². The van der Waals surface area contributed by atoms with Crippen LogP contribution >= 0.6 is 0 Å². The molecule has 3 rings (SSSR count). The van der Waals surface area contributed by atoms with E-state index in [2.05, 4.69) is 0 Å². The van der Waals surface area contributed by atoms with Crippen LogP contribution in [0.4, 0.5) is 0 Å². The Kier molecular flexibility index (Phi) is 6.52. The summed E-state index contributed by atoms with van der Waals surface area (Å²) in [5, 5.41) is 0. The zero-order valence-electron chi connectivity index (χ0n) is 17.5. The molecule has 0 aliphatic carbocycles. The molecule has 5 nitrogen and oxygen atoms in total. The number of aryl methyl sites for hydroxylation is 2. The fraction of sp³-hybridized carbons (Fsp3) is 0.200. The fourth-order valence-corrected chi connectivity index (χ4v) is 3.12. The van der Waals surface area contributed by atoms with Gasteiger partial charge in [-0.15, -0.1) is 0 Å². The maximum absolute atomic E-state index is 12.9. The van der Waals surface area contributed by atoms with Gasteiger partial charge in [-0.1, -0.05) is 48.0 Å². The molecule has 30 heavy (non-hydrogen) atoms. The standard InChI is InChI=1S/C25H24O5/c1-16-9-11-18(12-10-16)24(26)20-7-5-6-8-21(20)25(27)30-15-19-14-23(29-4)22(28-3)13-17(19)2/h5-14H,15H2,1-4H3. The molecule has 0 atom stereocenters. The Morgan fingerprint density at radius 1 is 0.800 bits per heavy atom. The predicted molar refractivity (Wildman–Crippen MR) is 114 cm³/mol. The average Bonchev–Trinajstić information content (AvgIpc) is 2.77. The molecular weight excluding hydrogens is 380 g/mol. The molecule has 0 spiro atoms. The minimum Gasteiger partial charge on any atom is -0.493 e. The van der Waals surface area contributed by atoms with Gasteiger partial charge in [-0.05, 0) is 43.2 Å². The molecule has 0 unspecified atom stereocenters. The third-order valence-corrected chi connectivity index (χ3v) is 4.91.